The van der Waals surface area contributed by atoms with Crippen LogP contribution in [0.25, 0.3) is 0 Å². The average molecular weight is 240 g/mol. The van der Waals surface area contributed by atoms with Crippen molar-refractivity contribution in [1.82, 2.24) is 4.98 Å². The largest absolute Gasteiger partial charge is 0.329 e. The van der Waals surface area contributed by atoms with Crippen molar-refractivity contribution in [1.29, 1.82) is 0 Å². The summed E-state index contributed by atoms with van der Waals surface area (Å²) in [5.41, 5.74) is 2.94. The van der Waals surface area contributed by atoms with Crippen LogP contribution in [0.4, 0.5) is 11.5 Å². The van der Waals surface area contributed by atoms with Crippen LogP contribution in [0.15, 0.2) is 42.6 Å². The van der Waals surface area contributed by atoms with Gasteiger partial charge in [-0.1, -0.05) is 17.7 Å². The third-order valence-corrected chi connectivity index (χ3v) is 2.92. The Labute approximate surface area is 107 Å². The van der Waals surface area contributed by atoms with E-state index in [1.165, 1.54) is 5.56 Å². The quantitative estimate of drug-likeness (QED) is 0.771. The van der Waals surface area contributed by atoms with Gasteiger partial charge in [0.1, 0.15) is 5.82 Å². The van der Waals surface area contributed by atoms with Gasteiger partial charge in [-0.3, -0.25) is 4.79 Å². The van der Waals surface area contributed by atoms with Gasteiger partial charge in [-0.2, -0.15) is 0 Å². The van der Waals surface area contributed by atoms with E-state index in [2.05, 4.69) is 36.2 Å². The molecular weight excluding hydrogens is 224 g/mol. The standard InChI is InChI=1S/C15H16N2O/c1-11-4-7-14(8-5-11)17(3)15-9-6-13(10-16-15)12(2)18/h4-10H,1-3H3. The Kier molecular flexibility index (Phi) is 3.42. The number of Topliss-reactive ketones (excluding diaryl/α,β-unsaturated/α-hetero) is 1. The zero-order valence-electron chi connectivity index (χ0n) is 10.8. The second-order valence-electron chi connectivity index (χ2n) is 4.36. The van der Waals surface area contributed by atoms with E-state index in [1.807, 2.05) is 18.0 Å². The predicted octanol–water partition coefficient (Wildman–Crippen LogP) is 3.36. The Morgan fingerprint density at radius 1 is 1.11 bits per heavy atom. The molecule has 18 heavy (non-hydrogen) atoms. The summed E-state index contributed by atoms with van der Waals surface area (Å²) >= 11 is 0. The number of hydrogen-bond acceptors (Lipinski definition) is 3. The molecule has 0 N–H and O–H groups in total. The monoisotopic (exact) mass is 240 g/mol. The van der Waals surface area contributed by atoms with E-state index in [-0.39, 0.29) is 5.78 Å². The maximum absolute atomic E-state index is 11.2. The van der Waals surface area contributed by atoms with E-state index < -0.39 is 0 Å². The summed E-state index contributed by atoms with van der Waals surface area (Å²) in [6.45, 7) is 3.60. The molecule has 0 saturated carbocycles. The summed E-state index contributed by atoms with van der Waals surface area (Å²) in [6.07, 6.45) is 1.61. The first kappa shape index (κ1) is 12.3. The number of carbonyl (C=O) groups excluding carboxylic acids is 1. The molecule has 1 heterocycles. The lowest BCUT2D eigenvalue weighted by molar-refractivity contribution is 0.101. The molecule has 0 unspecified atom stereocenters. The van der Waals surface area contributed by atoms with Crippen molar-refractivity contribution in [2.75, 3.05) is 11.9 Å². The molecule has 0 atom stereocenters. The molecule has 2 aromatic rings. The molecule has 3 nitrogen and oxygen atoms in total. The Morgan fingerprint density at radius 2 is 1.78 bits per heavy atom. The van der Waals surface area contributed by atoms with E-state index in [9.17, 15) is 4.79 Å². The highest BCUT2D eigenvalue weighted by Crippen LogP contribution is 2.21. The van der Waals surface area contributed by atoms with Gasteiger partial charge in [0.2, 0.25) is 0 Å². The number of ketones is 1. The van der Waals surface area contributed by atoms with Crippen LogP contribution in [0.5, 0.6) is 0 Å². The van der Waals surface area contributed by atoms with E-state index >= 15 is 0 Å². The van der Waals surface area contributed by atoms with Crippen molar-refractivity contribution in [3.8, 4) is 0 Å². The fraction of sp³-hybridized carbons (Fsp3) is 0.200. The number of rotatable bonds is 3. The van der Waals surface area contributed by atoms with E-state index in [4.69, 9.17) is 0 Å². The zero-order valence-corrected chi connectivity index (χ0v) is 10.8. The van der Waals surface area contributed by atoms with E-state index in [1.54, 1.807) is 19.2 Å². The van der Waals surface area contributed by atoms with Crippen LogP contribution < -0.4 is 4.90 Å². The third-order valence-electron chi connectivity index (χ3n) is 2.92. The molecule has 0 spiro atoms. The highest BCUT2D eigenvalue weighted by atomic mass is 16.1. The van der Waals surface area contributed by atoms with Gasteiger partial charge < -0.3 is 4.90 Å². The Morgan fingerprint density at radius 3 is 2.28 bits per heavy atom. The molecule has 0 aliphatic heterocycles. The number of nitrogens with zero attached hydrogens (tertiary/aromatic N) is 2. The van der Waals surface area contributed by atoms with Crippen LogP contribution in [-0.2, 0) is 0 Å². The molecule has 1 aromatic heterocycles. The zero-order chi connectivity index (χ0) is 13.1. The number of hydrogen-bond donors (Lipinski definition) is 0. The second-order valence-corrected chi connectivity index (χ2v) is 4.36. The van der Waals surface area contributed by atoms with Crippen molar-refractivity contribution in [3.05, 3.63) is 53.7 Å². The number of aryl methyl sites for hydroxylation is 1. The molecule has 0 saturated heterocycles. The summed E-state index contributed by atoms with van der Waals surface area (Å²) in [6, 6.07) is 11.9. The van der Waals surface area contributed by atoms with Crippen LogP contribution in [0.3, 0.4) is 0 Å². The van der Waals surface area contributed by atoms with Crippen molar-refractivity contribution >= 4 is 17.3 Å². The summed E-state index contributed by atoms with van der Waals surface area (Å²) in [4.78, 5) is 17.5. The Balaban J connectivity index is 2.25. The molecule has 92 valence electrons. The van der Waals surface area contributed by atoms with Crippen LogP contribution in [-0.4, -0.2) is 17.8 Å². The number of pyridine rings is 1. The first-order chi connectivity index (χ1) is 8.58. The van der Waals surface area contributed by atoms with E-state index in [0.717, 1.165) is 11.5 Å². The van der Waals surface area contributed by atoms with Gasteiger partial charge in [-0.15, -0.1) is 0 Å². The lowest BCUT2D eigenvalue weighted by atomic mass is 10.2. The lowest BCUT2D eigenvalue weighted by Crippen LogP contribution is -2.11. The van der Waals surface area contributed by atoms with Crippen molar-refractivity contribution in [2.45, 2.75) is 13.8 Å². The predicted molar refractivity (Wildman–Crippen MR) is 73.5 cm³/mol. The van der Waals surface area contributed by atoms with Crippen LogP contribution in [0.1, 0.15) is 22.8 Å². The number of anilines is 2. The number of carbonyl (C=O) groups is 1. The van der Waals surface area contributed by atoms with Crippen LogP contribution >= 0.6 is 0 Å². The minimum Gasteiger partial charge on any atom is -0.329 e. The average Bonchev–Trinajstić information content (AvgIpc) is 2.39. The highest BCUT2D eigenvalue weighted by molar-refractivity contribution is 5.93. The van der Waals surface area contributed by atoms with Gasteiger partial charge in [-0.05, 0) is 38.1 Å². The van der Waals surface area contributed by atoms with Gasteiger partial charge in [0, 0.05) is 24.5 Å². The smallest absolute Gasteiger partial charge is 0.161 e. The molecule has 3 heteroatoms. The van der Waals surface area contributed by atoms with Gasteiger partial charge in [0.15, 0.2) is 5.78 Å². The summed E-state index contributed by atoms with van der Waals surface area (Å²) in [7, 11) is 1.96. The summed E-state index contributed by atoms with van der Waals surface area (Å²) in [5, 5.41) is 0. The topological polar surface area (TPSA) is 33.2 Å². The fourth-order valence-corrected chi connectivity index (χ4v) is 1.69. The third kappa shape index (κ3) is 2.56. The maximum atomic E-state index is 11.2. The summed E-state index contributed by atoms with van der Waals surface area (Å²) < 4.78 is 0. The van der Waals surface area contributed by atoms with Gasteiger partial charge in [0.05, 0.1) is 0 Å². The molecule has 0 amide bonds. The van der Waals surface area contributed by atoms with Crippen molar-refractivity contribution in [3.63, 3.8) is 0 Å². The number of aromatic nitrogens is 1. The van der Waals surface area contributed by atoms with Crippen LogP contribution in [0.2, 0.25) is 0 Å². The second kappa shape index (κ2) is 5.00. The highest BCUT2D eigenvalue weighted by Gasteiger charge is 2.06. The van der Waals surface area contributed by atoms with Gasteiger partial charge >= 0.3 is 0 Å². The first-order valence-corrected chi connectivity index (χ1v) is 5.85. The normalized spacial score (nSPS) is 10.2. The van der Waals surface area contributed by atoms with Gasteiger partial charge in [-0.25, -0.2) is 4.98 Å². The maximum Gasteiger partial charge on any atom is 0.161 e. The molecule has 0 radical (unpaired) electrons. The molecule has 1 aromatic carbocycles. The summed E-state index contributed by atoms with van der Waals surface area (Å²) in [5.74, 6) is 0.857. The van der Waals surface area contributed by atoms with Crippen molar-refractivity contribution in [2.24, 2.45) is 0 Å². The minimum absolute atomic E-state index is 0.0343. The Bertz CT molecular complexity index is 544. The molecular formula is C15H16N2O. The minimum atomic E-state index is 0.0343. The first-order valence-electron chi connectivity index (χ1n) is 5.85. The molecule has 0 aliphatic carbocycles. The van der Waals surface area contributed by atoms with Crippen molar-refractivity contribution < 1.29 is 4.79 Å². The molecule has 0 fully saturated rings. The van der Waals surface area contributed by atoms with Crippen LogP contribution in [0, 0.1) is 6.92 Å². The van der Waals surface area contributed by atoms with E-state index in [0.29, 0.717) is 5.56 Å². The SMILES string of the molecule is CC(=O)c1ccc(N(C)c2ccc(C)cc2)nc1. The fourth-order valence-electron chi connectivity index (χ4n) is 1.69. The molecule has 0 bridgehead atoms. The molecule has 2 rings (SSSR count). The van der Waals surface area contributed by atoms with Gasteiger partial charge in [0.25, 0.3) is 0 Å². The number of benzene rings is 1. The lowest BCUT2D eigenvalue weighted by Gasteiger charge is -2.18. The molecule has 0 aliphatic rings. The Hall–Kier alpha value is -2.16.